The molecule has 0 aromatic rings. The van der Waals surface area contributed by atoms with Crippen LogP contribution in [-0.4, -0.2) is 55.3 Å². The van der Waals surface area contributed by atoms with E-state index in [0.29, 0.717) is 24.3 Å². The van der Waals surface area contributed by atoms with Gasteiger partial charge in [0.15, 0.2) is 5.76 Å². The van der Waals surface area contributed by atoms with Crippen LogP contribution < -0.4 is 16.0 Å². The third-order valence-electron chi connectivity index (χ3n) is 6.38. The fourth-order valence-corrected chi connectivity index (χ4v) is 4.15. The van der Waals surface area contributed by atoms with Crippen LogP contribution in [-0.2, 0) is 28.6 Å². The van der Waals surface area contributed by atoms with Crippen molar-refractivity contribution in [1.82, 2.24) is 16.0 Å². The highest BCUT2D eigenvalue weighted by Gasteiger charge is 2.27. The quantitative estimate of drug-likeness (QED) is 0.112. The van der Waals surface area contributed by atoms with Crippen molar-refractivity contribution in [3.63, 3.8) is 0 Å². The Morgan fingerprint density at radius 1 is 1.07 bits per heavy atom. The molecule has 3 N–H and O–H groups in total. The predicted molar refractivity (Wildman–Crippen MR) is 172 cm³/mol. The molecule has 44 heavy (non-hydrogen) atoms. The Balaban J connectivity index is 2.66. The Hall–Kier alpha value is -3.79. The number of ether oxygens (including phenoxy) is 3. The third kappa shape index (κ3) is 15.6. The molecule has 0 spiro atoms. The third-order valence-corrected chi connectivity index (χ3v) is 6.53. The molecule has 0 unspecified atom stereocenters. The molecule has 11 heteroatoms. The molecule has 0 saturated heterocycles. The topological polar surface area (TPSA) is 132 Å². The summed E-state index contributed by atoms with van der Waals surface area (Å²) in [6.07, 6.45) is 15.2. The van der Waals surface area contributed by atoms with Crippen LogP contribution in [0.1, 0.15) is 67.7 Å². The maximum atomic E-state index is 12.8. The van der Waals surface area contributed by atoms with E-state index in [9.17, 15) is 19.2 Å². The summed E-state index contributed by atoms with van der Waals surface area (Å²) in [4.78, 5) is 49.2. The van der Waals surface area contributed by atoms with Crippen molar-refractivity contribution in [2.45, 2.75) is 92.0 Å². The summed E-state index contributed by atoms with van der Waals surface area (Å²) in [5, 5.41) is 8.69. The highest BCUT2D eigenvalue weighted by molar-refractivity contribution is 6.29. The Morgan fingerprint density at radius 3 is 2.34 bits per heavy atom. The minimum absolute atomic E-state index is 0.0145. The van der Waals surface area contributed by atoms with E-state index < -0.39 is 30.1 Å². The molecule has 3 amide bonds. The van der Waals surface area contributed by atoms with Gasteiger partial charge in [-0.15, -0.1) is 0 Å². The number of methoxy groups -OCH3 is 1. The van der Waals surface area contributed by atoms with Gasteiger partial charge < -0.3 is 30.2 Å². The van der Waals surface area contributed by atoms with Gasteiger partial charge in [-0.1, -0.05) is 74.4 Å². The van der Waals surface area contributed by atoms with E-state index in [1.807, 2.05) is 53.7 Å². The molecule has 0 aliphatic carbocycles. The van der Waals surface area contributed by atoms with E-state index in [-0.39, 0.29) is 35.6 Å². The summed E-state index contributed by atoms with van der Waals surface area (Å²) < 4.78 is 15.9. The molecule has 0 bridgehead atoms. The Kier molecular flexibility index (Phi) is 17.6. The van der Waals surface area contributed by atoms with Crippen LogP contribution in [0, 0.1) is 11.8 Å². The van der Waals surface area contributed by atoms with Gasteiger partial charge in [0.25, 0.3) is 0 Å². The Labute approximate surface area is 266 Å². The number of alkyl carbamates (subject to hydrolysis) is 1. The lowest BCUT2D eigenvalue weighted by Gasteiger charge is -2.25. The normalized spacial score (nSPS) is 18.3. The first-order chi connectivity index (χ1) is 20.7. The first-order valence-corrected chi connectivity index (χ1v) is 15.1. The van der Waals surface area contributed by atoms with E-state index in [1.165, 1.54) is 19.4 Å². The van der Waals surface area contributed by atoms with Crippen LogP contribution >= 0.6 is 11.6 Å². The fourth-order valence-electron chi connectivity index (χ4n) is 4.06. The summed E-state index contributed by atoms with van der Waals surface area (Å²) >= 11 is 5.93. The summed E-state index contributed by atoms with van der Waals surface area (Å²) in [7, 11) is 1.44. The molecule has 1 rings (SSSR count). The van der Waals surface area contributed by atoms with Crippen LogP contribution in [0.3, 0.4) is 0 Å². The van der Waals surface area contributed by atoms with E-state index in [0.717, 1.165) is 5.57 Å². The molecule has 1 heterocycles. The molecule has 0 saturated carbocycles. The molecular weight excluding hydrogens is 586 g/mol. The average Bonchev–Trinajstić information content (AvgIpc) is 2.93. The van der Waals surface area contributed by atoms with Gasteiger partial charge >= 0.3 is 12.1 Å². The number of hydrogen-bond donors (Lipinski definition) is 3. The van der Waals surface area contributed by atoms with Gasteiger partial charge in [0.1, 0.15) is 18.2 Å². The predicted octanol–water partition coefficient (Wildman–Crippen LogP) is 5.72. The Morgan fingerprint density at radius 2 is 1.75 bits per heavy atom. The van der Waals surface area contributed by atoms with E-state index in [1.54, 1.807) is 37.3 Å². The molecular formula is C33H48ClN3O7. The smallest absolute Gasteiger partial charge is 0.407 e. The highest BCUT2D eigenvalue weighted by Crippen LogP contribution is 2.22. The Bertz CT molecular complexity index is 1160. The summed E-state index contributed by atoms with van der Waals surface area (Å²) in [6, 6.07) is -0.827. The zero-order chi connectivity index (χ0) is 33.2. The van der Waals surface area contributed by atoms with E-state index in [2.05, 4.69) is 16.0 Å². The number of rotatable bonds is 16. The molecule has 1 aliphatic heterocycles. The SMILES string of the molecule is COC1=CC[C@@H]([C@@H](C)/C=C(C)/C=C\C=C/C(=O)N[C@H](C(=O)N/C=C\C[C@H](C/C=C(\C)Cl)OC(=O)NC(C)C)C(C)C)OC1=O. The fraction of sp³-hybridized carbons (Fsp3) is 0.515. The number of carbonyl (C=O) groups excluding carboxylic acids is 4. The van der Waals surface area contributed by atoms with Crippen LogP contribution in [0.4, 0.5) is 4.79 Å². The number of allylic oxidation sites excluding steroid dienone is 5. The number of cyclic esters (lactones) is 1. The van der Waals surface area contributed by atoms with Crippen molar-refractivity contribution in [2.24, 2.45) is 11.8 Å². The molecule has 0 aromatic carbocycles. The second kappa shape index (κ2) is 20.2. The average molecular weight is 634 g/mol. The number of halogens is 1. The van der Waals surface area contributed by atoms with Gasteiger partial charge in [-0.25, -0.2) is 9.59 Å². The number of hydrogen-bond acceptors (Lipinski definition) is 7. The van der Waals surface area contributed by atoms with Crippen molar-refractivity contribution in [1.29, 1.82) is 0 Å². The lowest BCUT2D eigenvalue weighted by molar-refractivity contribution is -0.151. The van der Waals surface area contributed by atoms with Gasteiger partial charge in [-0.3, -0.25) is 9.59 Å². The van der Waals surface area contributed by atoms with Gasteiger partial charge in [-0.2, -0.15) is 0 Å². The largest absolute Gasteiger partial charge is 0.490 e. The standard InChI is InChI=1S/C33H48ClN3O7/c1-21(2)30(31(39)35-19-11-13-26(16-15-25(7)34)43-33(41)36-22(3)4)37-29(38)14-10-9-12-23(5)20-24(6)27-17-18-28(42-8)32(40)44-27/h9-12,14-15,18-22,24,26-27,30H,13,16-17H2,1-8H3,(H,35,39)(H,36,41)(H,37,38)/b12-9-,14-10-,19-11-,23-20+,25-15+/t24-,26+,27-,30-/m0/s1. The van der Waals surface area contributed by atoms with Crippen molar-refractivity contribution in [3.05, 3.63) is 71.2 Å². The summed E-state index contributed by atoms with van der Waals surface area (Å²) in [6.45, 7) is 13.0. The van der Waals surface area contributed by atoms with Crippen LogP contribution in [0.5, 0.6) is 0 Å². The van der Waals surface area contributed by atoms with Gasteiger partial charge in [-0.05, 0) is 45.9 Å². The summed E-state index contributed by atoms with van der Waals surface area (Å²) in [5.74, 6) is -1.21. The molecule has 1 aliphatic rings. The van der Waals surface area contributed by atoms with Gasteiger partial charge in [0.05, 0.1) is 7.11 Å². The second-order valence-corrected chi connectivity index (χ2v) is 11.8. The van der Waals surface area contributed by atoms with Crippen molar-refractivity contribution >= 4 is 35.5 Å². The minimum atomic E-state index is -0.764. The second-order valence-electron chi connectivity index (χ2n) is 11.2. The zero-order valence-electron chi connectivity index (χ0n) is 27.0. The van der Waals surface area contributed by atoms with Crippen molar-refractivity contribution in [3.8, 4) is 0 Å². The summed E-state index contributed by atoms with van der Waals surface area (Å²) in [5.41, 5.74) is 0.938. The first kappa shape index (κ1) is 38.2. The molecule has 4 atom stereocenters. The first-order valence-electron chi connectivity index (χ1n) is 14.8. The number of amides is 3. The van der Waals surface area contributed by atoms with E-state index >= 15 is 0 Å². The molecule has 0 aromatic heterocycles. The van der Waals surface area contributed by atoms with Crippen molar-refractivity contribution in [2.75, 3.05) is 7.11 Å². The maximum Gasteiger partial charge on any atom is 0.407 e. The number of nitrogens with one attached hydrogen (secondary N) is 3. The van der Waals surface area contributed by atoms with Gasteiger partial charge in [0.2, 0.25) is 11.8 Å². The van der Waals surface area contributed by atoms with E-state index in [4.69, 9.17) is 25.8 Å². The van der Waals surface area contributed by atoms with Crippen LogP contribution in [0.25, 0.3) is 0 Å². The van der Waals surface area contributed by atoms with Gasteiger partial charge in [0, 0.05) is 42.3 Å². The zero-order valence-corrected chi connectivity index (χ0v) is 27.8. The maximum absolute atomic E-state index is 12.8. The lowest BCUT2D eigenvalue weighted by atomic mass is 9.97. The molecule has 244 valence electrons. The number of carbonyl (C=O) groups is 4. The van der Waals surface area contributed by atoms with Crippen LogP contribution in [0.15, 0.2) is 71.2 Å². The molecule has 10 nitrogen and oxygen atoms in total. The monoisotopic (exact) mass is 633 g/mol. The minimum Gasteiger partial charge on any atom is -0.490 e. The lowest BCUT2D eigenvalue weighted by Crippen LogP contribution is -2.48. The van der Waals surface area contributed by atoms with Crippen molar-refractivity contribution < 1.29 is 33.4 Å². The number of esters is 1. The van der Waals surface area contributed by atoms with Crippen LogP contribution in [0.2, 0.25) is 0 Å². The molecule has 0 radical (unpaired) electrons. The molecule has 0 fully saturated rings. The highest BCUT2D eigenvalue weighted by atomic mass is 35.5.